The van der Waals surface area contributed by atoms with Crippen LogP contribution in [-0.4, -0.2) is 15.3 Å². The predicted molar refractivity (Wildman–Crippen MR) is 86.4 cm³/mol. The molecule has 3 nitrogen and oxygen atoms in total. The van der Waals surface area contributed by atoms with Crippen molar-refractivity contribution in [3.05, 3.63) is 76.8 Å². The van der Waals surface area contributed by atoms with E-state index in [4.69, 9.17) is 0 Å². The number of aliphatic hydroxyl groups is 1. The Kier molecular flexibility index (Phi) is 4.65. The van der Waals surface area contributed by atoms with E-state index in [0.29, 0.717) is 5.01 Å². The lowest BCUT2D eigenvalue weighted by Gasteiger charge is -2.05. The van der Waals surface area contributed by atoms with E-state index in [1.54, 1.807) is 11.8 Å². The first-order valence-electron chi connectivity index (χ1n) is 6.56. The summed E-state index contributed by atoms with van der Waals surface area (Å²) in [6.07, 6.45) is -0.699. The molecule has 1 atom stereocenters. The van der Waals surface area contributed by atoms with Crippen LogP contribution in [0.25, 0.3) is 0 Å². The van der Waals surface area contributed by atoms with Gasteiger partial charge in [0.05, 0.1) is 0 Å². The minimum Gasteiger partial charge on any atom is -0.381 e. The summed E-state index contributed by atoms with van der Waals surface area (Å²) >= 11 is 3.09. The maximum Gasteiger partial charge on any atom is 0.174 e. The van der Waals surface area contributed by atoms with Gasteiger partial charge in [-0.05, 0) is 11.1 Å². The molecule has 0 amide bonds. The highest BCUT2D eigenvalue weighted by molar-refractivity contribution is 8.00. The molecule has 106 valence electrons. The molecule has 0 spiro atoms. The third kappa shape index (κ3) is 3.69. The molecule has 3 aromatic rings. The van der Waals surface area contributed by atoms with Gasteiger partial charge in [0.2, 0.25) is 0 Å². The van der Waals surface area contributed by atoms with Gasteiger partial charge in [-0.2, -0.15) is 0 Å². The fourth-order valence-corrected chi connectivity index (χ4v) is 3.73. The maximum atomic E-state index is 10.3. The Morgan fingerprint density at radius 3 is 2.33 bits per heavy atom. The zero-order valence-corrected chi connectivity index (χ0v) is 12.8. The van der Waals surface area contributed by atoms with E-state index in [9.17, 15) is 5.11 Å². The molecule has 1 unspecified atom stereocenters. The third-order valence-corrected chi connectivity index (χ3v) is 5.16. The lowest BCUT2D eigenvalue weighted by molar-refractivity contribution is 0.219. The number of hydrogen-bond acceptors (Lipinski definition) is 5. The first-order chi connectivity index (χ1) is 10.3. The second-order valence-electron chi connectivity index (χ2n) is 4.49. The first kappa shape index (κ1) is 14.3. The summed E-state index contributed by atoms with van der Waals surface area (Å²) in [7, 11) is 0. The molecule has 0 aliphatic carbocycles. The van der Waals surface area contributed by atoms with Crippen molar-refractivity contribution in [1.29, 1.82) is 0 Å². The number of aliphatic hydroxyl groups excluding tert-OH is 1. The molecule has 21 heavy (non-hydrogen) atoms. The topological polar surface area (TPSA) is 46.0 Å². The molecule has 2 aromatic carbocycles. The van der Waals surface area contributed by atoms with Gasteiger partial charge in [0.1, 0.15) is 6.10 Å². The summed E-state index contributed by atoms with van der Waals surface area (Å²) in [4.78, 5) is 0. The maximum absolute atomic E-state index is 10.3. The van der Waals surface area contributed by atoms with Crippen LogP contribution in [0.2, 0.25) is 0 Å². The van der Waals surface area contributed by atoms with Gasteiger partial charge in [0.25, 0.3) is 0 Å². The van der Waals surface area contributed by atoms with E-state index in [2.05, 4.69) is 22.3 Å². The number of aromatic nitrogens is 2. The molecule has 0 aliphatic rings. The molecule has 0 radical (unpaired) electrons. The number of thioether (sulfide) groups is 1. The third-order valence-electron chi connectivity index (χ3n) is 2.98. The number of rotatable bonds is 5. The minimum absolute atomic E-state index is 0.636. The molecule has 3 rings (SSSR count). The Morgan fingerprint density at radius 2 is 1.62 bits per heavy atom. The zero-order valence-electron chi connectivity index (χ0n) is 11.2. The first-order valence-corrected chi connectivity index (χ1v) is 8.36. The van der Waals surface area contributed by atoms with E-state index in [1.165, 1.54) is 16.9 Å². The van der Waals surface area contributed by atoms with Crippen molar-refractivity contribution in [1.82, 2.24) is 10.2 Å². The summed E-state index contributed by atoms with van der Waals surface area (Å²) in [5.74, 6) is 0.858. The Balaban J connectivity index is 1.66. The van der Waals surface area contributed by atoms with Crippen molar-refractivity contribution >= 4 is 23.1 Å². The van der Waals surface area contributed by atoms with Crippen LogP contribution < -0.4 is 0 Å². The van der Waals surface area contributed by atoms with E-state index >= 15 is 0 Å². The Hall–Kier alpha value is -1.69. The molecule has 5 heteroatoms. The van der Waals surface area contributed by atoms with Crippen LogP contribution in [0.3, 0.4) is 0 Å². The van der Waals surface area contributed by atoms with Gasteiger partial charge < -0.3 is 5.11 Å². The molecule has 0 saturated heterocycles. The van der Waals surface area contributed by atoms with Crippen molar-refractivity contribution in [3.8, 4) is 0 Å². The zero-order chi connectivity index (χ0) is 14.5. The quantitative estimate of drug-likeness (QED) is 0.725. The molecule has 0 bridgehead atoms. The molecule has 0 aliphatic heterocycles. The average Bonchev–Trinajstić information content (AvgIpc) is 3.03. The van der Waals surface area contributed by atoms with Crippen molar-refractivity contribution in [2.24, 2.45) is 0 Å². The lowest BCUT2D eigenvalue weighted by Crippen LogP contribution is -1.98. The van der Waals surface area contributed by atoms with Gasteiger partial charge in [0.15, 0.2) is 9.35 Å². The molecule has 1 N–H and O–H groups in total. The molecular weight excluding hydrogens is 300 g/mol. The summed E-state index contributed by atoms with van der Waals surface area (Å²) in [5, 5.41) is 19.2. The van der Waals surface area contributed by atoms with Crippen LogP contribution in [0.5, 0.6) is 0 Å². The van der Waals surface area contributed by atoms with Crippen molar-refractivity contribution < 1.29 is 5.11 Å². The summed E-state index contributed by atoms with van der Waals surface area (Å²) < 4.78 is 0.879. The normalized spacial score (nSPS) is 12.2. The lowest BCUT2D eigenvalue weighted by atomic mass is 10.1. The summed E-state index contributed by atoms with van der Waals surface area (Å²) in [5.41, 5.74) is 2.09. The Bertz CT molecular complexity index is 686. The molecule has 0 fully saturated rings. The Labute approximate surface area is 131 Å². The van der Waals surface area contributed by atoms with Gasteiger partial charge in [-0.1, -0.05) is 83.8 Å². The molecule has 1 heterocycles. The van der Waals surface area contributed by atoms with Crippen LogP contribution in [0.15, 0.2) is 65.0 Å². The highest BCUT2D eigenvalue weighted by Gasteiger charge is 2.15. The average molecular weight is 314 g/mol. The Morgan fingerprint density at radius 1 is 0.952 bits per heavy atom. The highest BCUT2D eigenvalue weighted by atomic mass is 32.2. The number of hydrogen-bond donors (Lipinski definition) is 1. The van der Waals surface area contributed by atoms with Gasteiger partial charge in [-0.25, -0.2) is 0 Å². The van der Waals surface area contributed by atoms with Gasteiger partial charge in [-0.3, -0.25) is 0 Å². The summed E-state index contributed by atoms with van der Waals surface area (Å²) in [6.45, 7) is 0. The molecule has 0 saturated carbocycles. The standard InChI is InChI=1S/C16H14N2OS2/c19-14(13-9-5-2-6-10-13)15-17-18-16(21-15)20-11-12-7-3-1-4-8-12/h1-10,14,19H,11H2. The van der Waals surface area contributed by atoms with Crippen LogP contribution in [0, 0.1) is 0 Å². The van der Waals surface area contributed by atoms with E-state index < -0.39 is 6.10 Å². The van der Waals surface area contributed by atoms with Crippen LogP contribution >= 0.6 is 23.1 Å². The van der Waals surface area contributed by atoms with Crippen molar-refractivity contribution in [2.45, 2.75) is 16.2 Å². The summed E-state index contributed by atoms with van der Waals surface area (Å²) in [6, 6.07) is 19.8. The largest absolute Gasteiger partial charge is 0.381 e. The monoisotopic (exact) mass is 314 g/mol. The van der Waals surface area contributed by atoms with Crippen LogP contribution in [-0.2, 0) is 5.75 Å². The van der Waals surface area contributed by atoms with Gasteiger partial charge >= 0.3 is 0 Å². The van der Waals surface area contributed by atoms with Crippen molar-refractivity contribution in [2.75, 3.05) is 0 Å². The van der Waals surface area contributed by atoms with Crippen molar-refractivity contribution in [3.63, 3.8) is 0 Å². The highest BCUT2D eigenvalue weighted by Crippen LogP contribution is 2.30. The van der Waals surface area contributed by atoms with E-state index in [-0.39, 0.29) is 0 Å². The van der Waals surface area contributed by atoms with Gasteiger partial charge in [-0.15, -0.1) is 10.2 Å². The van der Waals surface area contributed by atoms with Crippen LogP contribution in [0.1, 0.15) is 22.2 Å². The fraction of sp³-hybridized carbons (Fsp3) is 0.125. The van der Waals surface area contributed by atoms with E-state index in [1.807, 2.05) is 48.5 Å². The SMILES string of the molecule is OC(c1ccccc1)c1nnc(SCc2ccccc2)s1. The smallest absolute Gasteiger partial charge is 0.174 e. The fourth-order valence-electron chi connectivity index (χ4n) is 1.89. The number of benzene rings is 2. The van der Waals surface area contributed by atoms with E-state index in [0.717, 1.165) is 15.7 Å². The second-order valence-corrected chi connectivity index (χ2v) is 6.73. The number of nitrogens with zero attached hydrogens (tertiary/aromatic N) is 2. The van der Waals surface area contributed by atoms with Gasteiger partial charge in [0, 0.05) is 5.75 Å². The molecular formula is C16H14N2OS2. The molecule has 1 aromatic heterocycles. The predicted octanol–water partition coefficient (Wildman–Crippen LogP) is 3.91. The van der Waals surface area contributed by atoms with Crippen LogP contribution in [0.4, 0.5) is 0 Å². The minimum atomic E-state index is -0.699. The second kappa shape index (κ2) is 6.85.